The first-order valence-corrected chi connectivity index (χ1v) is 6.79. The summed E-state index contributed by atoms with van der Waals surface area (Å²) in [4.78, 5) is 16.9. The predicted octanol–water partition coefficient (Wildman–Crippen LogP) is 3.64. The predicted molar refractivity (Wildman–Crippen MR) is 76.9 cm³/mol. The maximum atomic E-state index is 12.5. The van der Waals surface area contributed by atoms with Crippen LogP contribution in [0.25, 0.3) is 16.7 Å². The summed E-state index contributed by atoms with van der Waals surface area (Å²) in [7, 11) is 0. The van der Waals surface area contributed by atoms with E-state index in [-0.39, 0.29) is 5.78 Å². The van der Waals surface area contributed by atoms with Gasteiger partial charge in [0.1, 0.15) is 0 Å². The molecule has 4 heteroatoms. The van der Waals surface area contributed by atoms with Crippen molar-refractivity contribution in [1.82, 2.24) is 9.55 Å². The molecule has 0 fully saturated rings. The largest absolute Gasteiger partial charge is 0.289 e. The van der Waals surface area contributed by atoms with Gasteiger partial charge >= 0.3 is 0 Å². The van der Waals surface area contributed by atoms with Gasteiger partial charge in [-0.05, 0) is 36.8 Å². The Morgan fingerprint density at radius 2 is 2.00 bits per heavy atom. The van der Waals surface area contributed by atoms with Gasteiger partial charge in [0.2, 0.25) is 5.78 Å². The highest BCUT2D eigenvalue weighted by atomic mass is 79.9. The number of nitrogens with zero attached hydrogens (tertiary/aromatic N) is 2. The van der Waals surface area contributed by atoms with E-state index in [0.29, 0.717) is 5.82 Å². The lowest BCUT2D eigenvalue weighted by Crippen LogP contribution is -1.99. The lowest BCUT2D eigenvalue weighted by molar-refractivity contribution is 0.103. The minimum absolute atomic E-state index is 0.0104. The number of benzene rings is 2. The van der Waals surface area contributed by atoms with Crippen molar-refractivity contribution in [2.45, 2.75) is 6.92 Å². The van der Waals surface area contributed by atoms with Crippen LogP contribution in [0.15, 0.2) is 40.9 Å². The van der Waals surface area contributed by atoms with Gasteiger partial charge in [-0.2, -0.15) is 0 Å². The molecular weight excluding hydrogens is 304 g/mol. The molecule has 0 amide bonds. The molecule has 0 saturated heterocycles. The molecule has 2 aromatic carbocycles. The molecule has 0 unspecified atom stereocenters. The second-order valence-electron chi connectivity index (χ2n) is 4.71. The van der Waals surface area contributed by atoms with Crippen molar-refractivity contribution < 1.29 is 4.79 Å². The summed E-state index contributed by atoms with van der Waals surface area (Å²) >= 11 is 3.49. The van der Waals surface area contributed by atoms with Crippen LogP contribution in [0.2, 0.25) is 0 Å². The Balaban J connectivity index is 2.20. The fraction of sp³-hybridized carbons (Fsp3) is 0.0667. The molecule has 0 bridgehead atoms. The standard InChI is InChI=1S/C15H9BrN2O/c1-8-6-9(16)7-12-13(8)14(19)15-17-10-4-2-3-5-11(10)18(12)15/h2-7H,1H3. The number of para-hydroxylation sites is 2. The fourth-order valence-electron chi connectivity index (χ4n) is 2.73. The van der Waals surface area contributed by atoms with Gasteiger partial charge in [0.25, 0.3) is 0 Å². The van der Waals surface area contributed by atoms with Gasteiger partial charge in [-0.25, -0.2) is 4.98 Å². The molecule has 0 saturated carbocycles. The van der Waals surface area contributed by atoms with Gasteiger partial charge in [0.05, 0.1) is 22.3 Å². The molecule has 0 spiro atoms. The Hall–Kier alpha value is -1.94. The van der Waals surface area contributed by atoms with Gasteiger partial charge in [-0.3, -0.25) is 9.36 Å². The van der Waals surface area contributed by atoms with Crippen molar-refractivity contribution in [2.24, 2.45) is 0 Å². The zero-order chi connectivity index (χ0) is 13.1. The first-order valence-electron chi connectivity index (χ1n) is 5.99. The number of imidazole rings is 1. The van der Waals surface area contributed by atoms with E-state index >= 15 is 0 Å². The van der Waals surface area contributed by atoms with E-state index in [1.807, 2.05) is 47.9 Å². The van der Waals surface area contributed by atoms with Crippen LogP contribution in [0, 0.1) is 6.92 Å². The second-order valence-corrected chi connectivity index (χ2v) is 5.62. The number of fused-ring (bicyclic) bond motifs is 5. The van der Waals surface area contributed by atoms with Crippen molar-refractivity contribution in [1.29, 1.82) is 0 Å². The Kier molecular flexibility index (Phi) is 2.04. The highest BCUT2D eigenvalue weighted by Gasteiger charge is 2.31. The zero-order valence-electron chi connectivity index (χ0n) is 10.1. The topological polar surface area (TPSA) is 34.9 Å². The SMILES string of the molecule is Cc1cc(Br)cc2c1C(=O)c1nc3ccccc3n1-2. The summed E-state index contributed by atoms with van der Waals surface area (Å²) in [5, 5.41) is 0. The van der Waals surface area contributed by atoms with Crippen LogP contribution in [0.4, 0.5) is 0 Å². The Morgan fingerprint density at radius 3 is 2.84 bits per heavy atom. The summed E-state index contributed by atoms with van der Waals surface area (Å²) in [6.45, 7) is 1.95. The first kappa shape index (κ1) is 10.9. The number of halogens is 1. The zero-order valence-corrected chi connectivity index (χ0v) is 11.7. The summed E-state index contributed by atoms with van der Waals surface area (Å²) < 4.78 is 2.92. The molecule has 1 aromatic heterocycles. The minimum atomic E-state index is 0.0104. The van der Waals surface area contributed by atoms with E-state index in [9.17, 15) is 4.79 Å². The molecule has 1 aliphatic rings. The maximum Gasteiger partial charge on any atom is 0.231 e. The molecule has 92 valence electrons. The molecular formula is C15H9BrN2O. The fourth-order valence-corrected chi connectivity index (χ4v) is 3.29. The average molecular weight is 313 g/mol. The summed E-state index contributed by atoms with van der Waals surface area (Å²) in [5.41, 5.74) is 4.48. The Morgan fingerprint density at radius 1 is 1.21 bits per heavy atom. The average Bonchev–Trinajstić information content (AvgIpc) is 2.87. The van der Waals surface area contributed by atoms with Gasteiger partial charge in [-0.15, -0.1) is 0 Å². The van der Waals surface area contributed by atoms with Crippen molar-refractivity contribution in [3.63, 3.8) is 0 Å². The third kappa shape index (κ3) is 1.32. The van der Waals surface area contributed by atoms with Crippen LogP contribution in [-0.2, 0) is 0 Å². The van der Waals surface area contributed by atoms with Crippen LogP contribution < -0.4 is 0 Å². The third-order valence-corrected chi connectivity index (χ3v) is 3.97. The molecule has 3 aromatic rings. The number of carbonyl (C=O) groups is 1. The maximum absolute atomic E-state index is 12.5. The van der Waals surface area contributed by atoms with E-state index in [1.165, 1.54) is 0 Å². The molecule has 4 rings (SSSR count). The first-order chi connectivity index (χ1) is 9.16. The molecule has 0 aliphatic carbocycles. The van der Waals surface area contributed by atoms with Crippen LogP contribution in [0.3, 0.4) is 0 Å². The smallest absolute Gasteiger partial charge is 0.231 e. The van der Waals surface area contributed by atoms with E-state index in [4.69, 9.17) is 0 Å². The second kappa shape index (κ2) is 3.54. The highest BCUT2D eigenvalue weighted by molar-refractivity contribution is 9.10. The molecule has 3 nitrogen and oxygen atoms in total. The summed E-state index contributed by atoms with van der Waals surface area (Å²) in [6.07, 6.45) is 0. The number of carbonyl (C=O) groups excluding carboxylic acids is 1. The Bertz CT molecular complexity index is 864. The van der Waals surface area contributed by atoms with E-state index in [0.717, 1.165) is 32.3 Å². The normalized spacial score (nSPS) is 12.8. The Labute approximate surface area is 118 Å². The van der Waals surface area contributed by atoms with Crippen LogP contribution in [0.1, 0.15) is 21.7 Å². The molecule has 0 N–H and O–H groups in total. The summed E-state index contributed by atoms with van der Waals surface area (Å²) in [5.74, 6) is 0.522. The van der Waals surface area contributed by atoms with Crippen molar-refractivity contribution >= 4 is 32.7 Å². The minimum Gasteiger partial charge on any atom is -0.289 e. The van der Waals surface area contributed by atoms with Crippen molar-refractivity contribution in [3.05, 3.63) is 57.8 Å². The van der Waals surface area contributed by atoms with Crippen molar-refractivity contribution in [3.8, 4) is 5.69 Å². The molecule has 0 radical (unpaired) electrons. The molecule has 19 heavy (non-hydrogen) atoms. The van der Waals surface area contributed by atoms with Crippen LogP contribution in [0.5, 0.6) is 0 Å². The molecule has 1 aliphatic heterocycles. The van der Waals surface area contributed by atoms with Gasteiger partial charge in [-0.1, -0.05) is 28.1 Å². The van der Waals surface area contributed by atoms with E-state index in [2.05, 4.69) is 20.9 Å². The molecule has 0 atom stereocenters. The van der Waals surface area contributed by atoms with Gasteiger partial charge < -0.3 is 0 Å². The van der Waals surface area contributed by atoms with E-state index in [1.54, 1.807) is 0 Å². The lowest BCUT2D eigenvalue weighted by atomic mass is 10.0. The number of ketones is 1. The number of rotatable bonds is 0. The third-order valence-electron chi connectivity index (χ3n) is 3.51. The highest BCUT2D eigenvalue weighted by Crippen LogP contribution is 2.35. The van der Waals surface area contributed by atoms with Crippen molar-refractivity contribution in [2.75, 3.05) is 0 Å². The lowest BCUT2D eigenvalue weighted by Gasteiger charge is -2.06. The monoisotopic (exact) mass is 312 g/mol. The number of hydrogen-bond acceptors (Lipinski definition) is 2. The number of aromatic nitrogens is 2. The van der Waals surface area contributed by atoms with Crippen LogP contribution >= 0.6 is 15.9 Å². The van der Waals surface area contributed by atoms with Crippen LogP contribution in [-0.4, -0.2) is 15.3 Å². The van der Waals surface area contributed by atoms with Gasteiger partial charge in [0, 0.05) is 4.47 Å². The van der Waals surface area contributed by atoms with Gasteiger partial charge in [0.15, 0.2) is 5.82 Å². The van der Waals surface area contributed by atoms with E-state index < -0.39 is 0 Å². The molecule has 2 heterocycles. The quantitative estimate of drug-likeness (QED) is 0.497. The number of hydrogen-bond donors (Lipinski definition) is 0. The summed E-state index contributed by atoms with van der Waals surface area (Å²) in [6, 6.07) is 11.8. The number of aryl methyl sites for hydroxylation is 1.